The van der Waals surface area contributed by atoms with Crippen molar-refractivity contribution in [2.45, 2.75) is 33.6 Å². The first-order chi connectivity index (χ1) is 12.3. The lowest BCUT2D eigenvalue weighted by Crippen LogP contribution is -2.41. The molecule has 0 aromatic heterocycles. The molecular weight excluding hydrogens is 328 g/mol. The highest BCUT2D eigenvalue weighted by molar-refractivity contribution is 6.14. The molecule has 0 unspecified atom stereocenters. The van der Waals surface area contributed by atoms with Crippen molar-refractivity contribution in [1.29, 1.82) is 0 Å². The van der Waals surface area contributed by atoms with Crippen LogP contribution < -0.4 is 15.4 Å². The minimum Gasteiger partial charge on any atom is -0.497 e. The molecule has 138 valence electrons. The minimum absolute atomic E-state index is 0.264. The van der Waals surface area contributed by atoms with Gasteiger partial charge in [0.1, 0.15) is 11.2 Å². The van der Waals surface area contributed by atoms with Crippen molar-refractivity contribution in [3.8, 4) is 5.75 Å². The van der Waals surface area contributed by atoms with Crippen molar-refractivity contribution in [3.63, 3.8) is 0 Å². The molecule has 0 aliphatic heterocycles. The van der Waals surface area contributed by atoms with E-state index >= 15 is 0 Å². The Kier molecular flexibility index (Phi) is 6.03. The summed E-state index contributed by atoms with van der Waals surface area (Å²) >= 11 is 0. The largest absolute Gasteiger partial charge is 0.497 e. The molecule has 0 aliphatic carbocycles. The molecule has 2 rings (SSSR count). The summed E-state index contributed by atoms with van der Waals surface area (Å²) in [4.78, 5) is 25.4. The number of ether oxygens (including phenoxy) is 1. The van der Waals surface area contributed by atoms with E-state index in [9.17, 15) is 9.59 Å². The van der Waals surface area contributed by atoms with E-state index in [0.29, 0.717) is 11.4 Å². The molecule has 0 saturated heterocycles. The minimum atomic E-state index is -1.24. The smallest absolute Gasteiger partial charge is 0.239 e. The summed E-state index contributed by atoms with van der Waals surface area (Å²) in [5.41, 5.74) is 1.10. The van der Waals surface area contributed by atoms with Crippen molar-refractivity contribution in [3.05, 3.63) is 54.1 Å². The summed E-state index contributed by atoms with van der Waals surface area (Å²) in [5.74, 6) is 0.160. The lowest BCUT2D eigenvalue weighted by molar-refractivity contribution is -0.135. The van der Waals surface area contributed by atoms with Gasteiger partial charge in [0.15, 0.2) is 0 Å². The Bertz CT molecular complexity index is 797. The molecule has 2 aromatic rings. The van der Waals surface area contributed by atoms with Gasteiger partial charge in [0, 0.05) is 17.4 Å². The SMILES string of the molecule is COc1cccc(NC(=O)C(C)(C)C(=O)Nc2ccccc2C(C)C)c1. The number of rotatable bonds is 6. The van der Waals surface area contributed by atoms with E-state index in [1.165, 1.54) is 0 Å². The van der Waals surface area contributed by atoms with E-state index in [-0.39, 0.29) is 17.7 Å². The molecule has 0 aliphatic rings. The van der Waals surface area contributed by atoms with Gasteiger partial charge in [0.2, 0.25) is 11.8 Å². The van der Waals surface area contributed by atoms with E-state index in [1.54, 1.807) is 45.2 Å². The van der Waals surface area contributed by atoms with Crippen LogP contribution in [0.2, 0.25) is 0 Å². The predicted octanol–water partition coefficient (Wildman–Crippen LogP) is 4.42. The van der Waals surface area contributed by atoms with Gasteiger partial charge >= 0.3 is 0 Å². The summed E-state index contributed by atoms with van der Waals surface area (Å²) in [5, 5.41) is 5.68. The Labute approximate surface area is 154 Å². The quantitative estimate of drug-likeness (QED) is 0.755. The maximum atomic E-state index is 12.8. The number of anilines is 2. The fourth-order valence-electron chi connectivity index (χ4n) is 2.48. The van der Waals surface area contributed by atoms with Crippen LogP contribution in [0.4, 0.5) is 11.4 Å². The average molecular weight is 354 g/mol. The summed E-state index contributed by atoms with van der Waals surface area (Å²) in [6.07, 6.45) is 0. The fraction of sp³-hybridized carbons (Fsp3) is 0.333. The van der Waals surface area contributed by atoms with Gasteiger partial charge in [-0.3, -0.25) is 9.59 Å². The third kappa shape index (κ3) is 4.42. The number of carbonyl (C=O) groups excluding carboxylic acids is 2. The zero-order valence-corrected chi connectivity index (χ0v) is 15.9. The number of nitrogens with one attached hydrogen (secondary N) is 2. The van der Waals surface area contributed by atoms with E-state index in [2.05, 4.69) is 24.5 Å². The van der Waals surface area contributed by atoms with E-state index in [0.717, 1.165) is 11.3 Å². The second-order valence-corrected chi connectivity index (χ2v) is 7.01. The number of carbonyl (C=O) groups is 2. The van der Waals surface area contributed by atoms with E-state index in [4.69, 9.17) is 4.74 Å². The molecule has 2 amide bonds. The molecule has 2 aromatic carbocycles. The fourth-order valence-corrected chi connectivity index (χ4v) is 2.48. The van der Waals surface area contributed by atoms with Crippen LogP contribution in [0.5, 0.6) is 5.75 Å². The maximum absolute atomic E-state index is 12.8. The van der Waals surface area contributed by atoms with Crippen molar-refractivity contribution in [2.24, 2.45) is 5.41 Å². The molecule has 26 heavy (non-hydrogen) atoms. The number of methoxy groups -OCH3 is 1. The standard InChI is InChI=1S/C21H26N2O3/c1-14(2)17-11-6-7-12-18(17)23-20(25)21(3,4)19(24)22-15-9-8-10-16(13-15)26-5/h6-14H,1-5H3,(H,22,24)(H,23,25). The van der Waals surface area contributed by atoms with Crippen LogP contribution in [-0.4, -0.2) is 18.9 Å². The van der Waals surface area contributed by atoms with Crippen LogP contribution in [0.25, 0.3) is 0 Å². The Hall–Kier alpha value is -2.82. The highest BCUT2D eigenvalue weighted by Gasteiger charge is 2.36. The lowest BCUT2D eigenvalue weighted by Gasteiger charge is -2.24. The van der Waals surface area contributed by atoms with E-state index < -0.39 is 5.41 Å². The summed E-state index contributed by atoms with van der Waals surface area (Å²) in [6.45, 7) is 7.34. The highest BCUT2D eigenvalue weighted by Crippen LogP contribution is 2.27. The van der Waals surface area contributed by atoms with Crippen molar-refractivity contribution in [2.75, 3.05) is 17.7 Å². The van der Waals surface area contributed by atoms with Gasteiger partial charge in [-0.2, -0.15) is 0 Å². The normalized spacial score (nSPS) is 11.2. The molecule has 0 fully saturated rings. The Morgan fingerprint density at radius 1 is 0.962 bits per heavy atom. The van der Waals surface area contributed by atoms with Gasteiger partial charge < -0.3 is 15.4 Å². The second kappa shape index (κ2) is 8.04. The van der Waals surface area contributed by atoms with Crippen LogP contribution in [0.3, 0.4) is 0 Å². The zero-order valence-electron chi connectivity index (χ0n) is 15.9. The predicted molar refractivity (Wildman–Crippen MR) is 105 cm³/mol. The van der Waals surface area contributed by atoms with Crippen molar-refractivity contribution >= 4 is 23.2 Å². The highest BCUT2D eigenvalue weighted by atomic mass is 16.5. The molecule has 0 saturated carbocycles. The Morgan fingerprint density at radius 2 is 1.62 bits per heavy atom. The van der Waals surface area contributed by atoms with E-state index in [1.807, 2.05) is 24.3 Å². The molecule has 0 spiro atoms. The summed E-state index contributed by atoms with van der Waals surface area (Å²) in [7, 11) is 1.56. The third-order valence-corrected chi connectivity index (χ3v) is 4.29. The molecule has 0 atom stereocenters. The van der Waals surface area contributed by atoms with Crippen molar-refractivity contribution < 1.29 is 14.3 Å². The molecule has 0 radical (unpaired) electrons. The van der Waals surface area contributed by atoms with Gasteiger partial charge in [0.25, 0.3) is 0 Å². The number of benzene rings is 2. The second-order valence-electron chi connectivity index (χ2n) is 7.01. The van der Waals surface area contributed by atoms with Gasteiger partial charge in [-0.1, -0.05) is 38.1 Å². The molecule has 2 N–H and O–H groups in total. The zero-order chi connectivity index (χ0) is 19.3. The van der Waals surface area contributed by atoms with Gasteiger partial charge in [-0.25, -0.2) is 0 Å². The first kappa shape index (κ1) is 19.5. The monoisotopic (exact) mass is 354 g/mol. The van der Waals surface area contributed by atoms with Gasteiger partial charge in [0.05, 0.1) is 7.11 Å². The first-order valence-corrected chi connectivity index (χ1v) is 8.61. The van der Waals surface area contributed by atoms with Crippen LogP contribution in [0.1, 0.15) is 39.2 Å². The molecule has 5 nitrogen and oxygen atoms in total. The van der Waals surface area contributed by atoms with Crippen LogP contribution >= 0.6 is 0 Å². The lowest BCUT2D eigenvalue weighted by atomic mass is 9.90. The first-order valence-electron chi connectivity index (χ1n) is 8.61. The third-order valence-electron chi connectivity index (χ3n) is 4.29. The van der Waals surface area contributed by atoms with Crippen LogP contribution in [0.15, 0.2) is 48.5 Å². The van der Waals surface area contributed by atoms with Crippen LogP contribution in [-0.2, 0) is 9.59 Å². The number of para-hydroxylation sites is 1. The maximum Gasteiger partial charge on any atom is 0.239 e. The Morgan fingerprint density at radius 3 is 2.27 bits per heavy atom. The Balaban J connectivity index is 2.15. The molecule has 0 heterocycles. The van der Waals surface area contributed by atoms with Crippen LogP contribution in [0, 0.1) is 5.41 Å². The van der Waals surface area contributed by atoms with Gasteiger partial charge in [-0.15, -0.1) is 0 Å². The molecule has 5 heteroatoms. The molecular formula is C21H26N2O3. The van der Waals surface area contributed by atoms with Crippen molar-refractivity contribution in [1.82, 2.24) is 0 Å². The number of hydrogen-bond donors (Lipinski definition) is 2. The number of hydrogen-bond acceptors (Lipinski definition) is 3. The molecule has 0 bridgehead atoms. The summed E-state index contributed by atoms with van der Waals surface area (Å²) < 4.78 is 5.15. The summed E-state index contributed by atoms with van der Waals surface area (Å²) in [6, 6.07) is 14.7. The van der Waals surface area contributed by atoms with Gasteiger partial charge in [-0.05, 0) is 43.5 Å². The number of amides is 2. The average Bonchev–Trinajstić information content (AvgIpc) is 2.62. The topological polar surface area (TPSA) is 67.4 Å².